The summed E-state index contributed by atoms with van der Waals surface area (Å²) in [4.78, 5) is 12.7. The largest absolute Gasteiger partial charge is 1.00 e. The number of amides is 1. The maximum atomic E-state index is 13.5. The van der Waals surface area contributed by atoms with Crippen LogP contribution in [-0.2, 0) is 10.1 Å². The summed E-state index contributed by atoms with van der Waals surface area (Å²) in [5.41, 5.74) is -0.358. The fraction of sp³-hybridized carbons (Fsp3) is 0.115. The number of para-hydroxylation sites is 1. The molecular weight excluding hydrogens is 576 g/mol. The van der Waals surface area contributed by atoms with Crippen LogP contribution in [0.15, 0.2) is 75.8 Å². The molecule has 0 bridgehead atoms. The summed E-state index contributed by atoms with van der Waals surface area (Å²) < 4.78 is 39.2. The number of carbonyl (C=O) groups is 1. The molecule has 0 aliphatic heterocycles. The zero-order valence-corrected chi connectivity index (χ0v) is 25.4. The maximum absolute atomic E-state index is 13.5. The third kappa shape index (κ3) is 6.55. The predicted octanol–water partition coefficient (Wildman–Crippen LogP) is 3.85. The number of nitrogens with zero attached hydrogens (tertiary/aromatic N) is 2. The summed E-state index contributed by atoms with van der Waals surface area (Å²) in [6.45, 7) is 3.51. The van der Waals surface area contributed by atoms with Gasteiger partial charge in [-0.3, -0.25) is 9.35 Å². The Bertz CT molecular complexity index is 1710. The van der Waals surface area contributed by atoms with Crippen LogP contribution in [0.3, 0.4) is 0 Å². The normalized spacial score (nSPS) is 11.4. The van der Waals surface area contributed by atoms with E-state index in [0.717, 1.165) is 0 Å². The molecule has 0 spiro atoms. The number of hydrogen-bond donors (Lipinski definition) is 2. The van der Waals surface area contributed by atoms with Gasteiger partial charge in [-0.05, 0) is 49.1 Å². The van der Waals surface area contributed by atoms with E-state index in [1.54, 1.807) is 49.4 Å². The van der Waals surface area contributed by atoms with Crippen molar-refractivity contribution in [3.8, 4) is 11.5 Å². The molecule has 0 saturated heterocycles. The molecule has 196 valence electrons. The second kappa shape index (κ2) is 12.6. The van der Waals surface area contributed by atoms with Gasteiger partial charge in [0.2, 0.25) is 0 Å². The van der Waals surface area contributed by atoms with Gasteiger partial charge in [-0.15, -0.1) is 5.11 Å². The first-order valence-electron chi connectivity index (χ1n) is 11.2. The molecule has 0 aliphatic carbocycles. The van der Waals surface area contributed by atoms with E-state index in [-0.39, 0.29) is 73.5 Å². The van der Waals surface area contributed by atoms with Gasteiger partial charge in [0.25, 0.3) is 16.0 Å². The van der Waals surface area contributed by atoms with Crippen molar-refractivity contribution in [2.45, 2.75) is 18.7 Å². The zero-order chi connectivity index (χ0) is 27.6. The number of nitrogens with one attached hydrogen (secondary N) is 1. The molecule has 39 heavy (non-hydrogen) atoms. The first-order valence-corrected chi connectivity index (χ1v) is 13.4. The monoisotopic (exact) mass is 595 g/mol. The Morgan fingerprint density at radius 1 is 1.03 bits per heavy atom. The molecule has 4 rings (SSSR count). The predicted molar refractivity (Wildman–Crippen MR) is 144 cm³/mol. The van der Waals surface area contributed by atoms with Crippen molar-refractivity contribution in [3.05, 3.63) is 81.8 Å². The number of carbonyl (C=O) groups excluding carboxylic acids is 1. The standard InChI is InChI=1S/C26H21Cl2N3O6S.Na/c1-3-37-24-19(28)9-6-10-20(24)29-26(33)17-13-15-7-4-5-8-16(15)21(23(17)32)30-31-22-18(27)12-11-14(2)25(22)38(34,35)36;/h4-13,32H,3H2,1-2H3,(H,29,33)(H,34,35,36);/q;+1/p-1. The molecule has 0 atom stereocenters. The van der Waals surface area contributed by atoms with Crippen LogP contribution < -0.4 is 44.7 Å². The molecule has 0 aliphatic rings. The molecule has 1 amide bonds. The second-order valence-electron chi connectivity index (χ2n) is 8.04. The molecule has 13 heteroatoms. The van der Waals surface area contributed by atoms with Gasteiger partial charge in [-0.1, -0.05) is 65.3 Å². The van der Waals surface area contributed by atoms with E-state index in [0.29, 0.717) is 17.4 Å². The Labute approximate surface area is 256 Å². The van der Waals surface area contributed by atoms with E-state index >= 15 is 0 Å². The number of ether oxygens (including phenoxy) is 1. The van der Waals surface area contributed by atoms with Crippen LogP contribution in [-0.4, -0.2) is 25.5 Å². The van der Waals surface area contributed by atoms with E-state index < -0.39 is 26.7 Å². The van der Waals surface area contributed by atoms with Gasteiger partial charge in [0.15, 0.2) is 5.75 Å². The molecule has 0 heterocycles. The Morgan fingerprint density at radius 2 is 1.72 bits per heavy atom. The number of aryl methyl sites for hydroxylation is 1. The van der Waals surface area contributed by atoms with Crippen molar-refractivity contribution in [1.29, 1.82) is 0 Å². The summed E-state index contributed by atoms with van der Waals surface area (Å²) >= 11 is 12.4. The van der Waals surface area contributed by atoms with Crippen molar-refractivity contribution >= 4 is 67.1 Å². The van der Waals surface area contributed by atoms with Gasteiger partial charge >= 0.3 is 29.6 Å². The molecular formula is C26H20Cl2N3NaO6S. The molecule has 4 aromatic rings. The molecule has 0 aromatic heterocycles. The summed E-state index contributed by atoms with van der Waals surface area (Å²) in [5, 5.41) is 25.1. The fourth-order valence-electron chi connectivity index (χ4n) is 3.83. The summed E-state index contributed by atoms with van der Waals surface area (Å²) in [5.74, 6) is -1.25. The van der Waals surface area contributed by atoms with Crippen LogP contribution in [0.25, 0.3) is 10.8 Å². The van der Waals surface area contributed by atoms with E-state index in [4.69, 9.17) is 27.9 Å². The van der Waals surface area contributed by atoms with Crippen LogP contribution in [0.1, 0.15) is 22.8 Å². The van der Waals surface area contributed by atoms with Crippen LogP contribution in [0, 0.1) is 6.92 Å². The number of fused-ring (bicyclic) bond motifs is 1. The zero-order valence-electron chi connectivity index (χ0n) is 21.0. The number of hydrogen-bond acceptors (Lipinski definition) is 7. The summed E-state index contributed by atoms with van der Waals surface area (Å²) in [6.07, 6.45) is 0. The number of rotatable bonds is 7. The summed E-state index contributed by atoms with van der Waals surface area (Å²) in [7, 11) is -4.72. The van der Waals surface area contributed by atoms with Gasteiger partial charge in [-0.25, -0.2) is 0 Å². The quantitative estimate of drug-likeness (QED) is 0.189. The third-order valence-electron chi connectivity index (χ3n) is 5.51. The first kappa shape index (κ1) is 30.8. The number of anilines is 1. The SMILES string of the molecule is CCOc1c(Cl)cccc1NC(=O)c1cc2ccccc2c(N=Nc2c(Cl)ccc(C)c2S(=O)(=O)O)c1[O-].[Na+]. The van der Waals surface area contributed by atoms with Gasteiger partial charge in [-0.2, -0.15) is 13.5 Å². The van der Waals surface area contributed by atoms with E-state index in [1.807, 2.05) is 0 Å². The second-order valence-corrected chi connectivity index (χ2v) is 10.2. The Balaban J connectivity index is 0.00000420. The van der Waals surface area contributed by atoms with Gasteiger partial charge in [0.05, 0.1) is 28.0 Å². The molecule has 0 unspecified atom stereocenters. The molecule has 2 N–H and O–H groups in total. The first-order chi connectivity index (χ1) is 18.0. The number of azo groups is 1. The summed E-state index contributed by atoms with van der Waals surface area (Å²) in [6, 6.07) is 15.7. The van der Waals surface area contributed by atoms with Crippen molar-refractivity contribution in [2.24, 2.45) is 10.2 Å². The van der Waals surface area contributed by atoms with E-state index in [2.05, 4.69) is 15.5 Å². The maximum Gasteiger partial charge on any atom is 1.00 e. The van der Waals surface area contributed by atoms with Crippen LogP contribution in [0.2, 0.25) is 10.0 Å². The van der Waals surface area contributed by atoms with Gasteiger partial charge < -0.3 is 15.2 Å². The Kier molecular flexibility index (Phi) is 10.0. The third-order valence-corrected chi connectivity index (χ3v) is 7.14. The Morgan fingerprint density at radius 3 is 2.41 bits per heavy atom. The molecule has 4 aromatic carbocycles. The smallest absolute Gasteiger partial charge is 0.870 e. The van der Waals surface area contributed by atoms with Crippen molar-refractivity contribution in [2.75, 3.05) is 11.9 Å². The minimum atomic E-state index is -4.72. The molecule has 0 saturated carbocycles. The minimum absolute atomic E-state index is 0. The fourth-order valence-corrected chi connectivity index (χ4v) is 5.18. The molecule has 0 fully saturated rings. The topological polar surface area (TPSA) is 140 Å². The Hall–Kier alpha value is -2.70. The van der Waals surface area contributed by atoms with Crippen LogP contribution in [0.5, 0.6) is 11.5 Å². The van der Waals surface area contributed by atoms with Crippen LogP contribution in [0.4, 0.5) is 17.1 Å². The van der Waals surface area contributed by atoms with Crippen molar-refractivity contribution < 1.29 is 57.2 Å². The van der Waals surface area contributed by atoms with E-state index in [9.17, 15) is 22.9 Å². The van der Waals surface area contributed by atoms with Crippen molar-refractivity contribution in [3.63, 3.8) is 0 Å². The van der Waals surface area contributed by atoms with Crippen molar-refractivity contribution in [1.82, 2.24) is 0 Å². The number of benzene rings is 4. The average molecular weight is 596 g/mol. The van der Waals surface area contributed by atoms with Gasteiger partial charge in [0, 0.05) is 10.9 Å². The molecule has 0 radical (unpaired) electrons. The van der Waals surface area contributed by atoms with Gasteiger partial charge in [0.1, 0.15) is 10.6 Å². The van der Waals surface area contributed by atoms with E-state index in [1.165, 1.54) is 25.1 Å². The number of halogens is 2. The minimum Gasteiger partial charge on any atom is -0.870 e. The average Bonchev–Trinajstić information content (AvgIpc) is 2.86. The molecule has 9 nitrogen and oxygen atoms in total. The van der Waals surface area contributed by atoms with Crippen LogP contribution >= 0.6 is 23.2 Å².